The predicted molar refractivity (Wildman–Crippen MR) is 159 cm³/mol. The third-order valence-electron chi connectivity index (χ3n) is 8.84. The summed E-state index contributed by atoms with van der Waals surface area (Å²) in [5, 5.41) is 22.9. The van der Waals surface area contributed by atoms with Crippen molar-refractivity contribution >= 4 is 23.2 Å². The quantitative estimate of drug-likeness (QED) is 0.271. The van der Waals surface area contributed by atoms with E-state index in [4.69, 9.17) is 4.74 Å². The molecule has 2 aliphatic heterocycles. The van der Waals surface area contributed by atoms with Crippen molar-refractivity contribution in [3.63, 3.8) is 0 Å². The number of alkyl halides is 6. The van der Waals surface area contributed by atoms with Crippen LogP contribution in [0, 0.1) is 0 Å². The SMILES string of the molecule is CCC[C@]1(C(=O)N2CCC(O)(c3ccccc3O)CC2)[C@@H](Oc2csc(C(F)(F)F)c2)CCCN1C(=O)c1ncccc1C(F)(F)F. The van der Waals surface area contributed by atoms with Crippen molar-refractivity contribution in [1.29, 1.82) is 0 Å². The maximum Gasteiger partial charge on any atom is 0.425 e. The van der Waals surface area contributed by atoms with Gasteiger partial charge in [0.1, 0.15) is 28.2 Å². The second-order valence-electron chi connectivity index (χ2n) is 11.8. The number of benzene rings is 1. The van der Waals surface area contributed by atoms with Crippen LogP contribution in [0.2, 0.25) is 0 Å². The fourth-order valence-electron chi connectivity index (χ4n) is 6.64. The number of hydrogen-bond acceptors (Lipinski definition) is 7. The van der Waals surface area contributed by atoms with E-state index in [2.05, 4.69) is 4.98 Å². The maximum absolute atomic E-state index is 14.8. The molecule has 2 saturated heterocycles. The predicted octanol–water partition coefficient (Wildman–Crippen LogP) is 6.62. The topological polar surface area (TPSA) is 103 Å². The van der Waals surface area contributed by atoms with Gasteiger partial charge in [0.15, 0.2) is 5.54 Å². The van der Waals surface area contributed by atoms with Gasteiger partial charge in [-0.15, -0.1) is 11.3 Å². The molecule has 0 unspecified atom stereocenters. The molecule has 0 bridgehead atoms. The zero-order chi connectivity index (χ0) is 34.2. The number of piperidine rings is 2. The highest BCUT2D eigenvalue weighted by molar-refractivity contribution is 7.10. The summed E-state index contributed by atoms with van der Waals surface area (Å²) in [6.07, 6.45) is -9.28. The molecular weight excluding hydrogens is 652 g/mol. The van der Waals surface area contributed by atoms with E-state index in [0.717, 1.165) is 34.7 Å². The van der Waals surface area contributed by atoms with Gasteiger partial charge in [-0.05, 0) is 50.3 Å². The van der Waals surface area contributed by atoms with Crippen molar-refractivity contribution in [3.05, 3.63) is 75.7 Å². The molecule has 0 saturated carbocycles. The Morgan fingerprint density at radius 3 is 2.36 bits per heavy atom. The second kappa shape index (κ2) is 13.0. The first-order valence-electron chi connectivity index (χ1n) is 15.1. The molecule has 3 aromatic rings. The lowest BCUT2D eigenvalue weighted by molar-refractivity contribution is -0.158. The van der Waals surface area contributed by atoms with Crippen LogP contribution in [-0.2, 0) is 22.7 Å². The van der Waals surface area contributed by atoms with Crippen LogP contribution in [0.5, 0.6) is 11.5 Å². The molecule has 2 aliphatic rings. The van der Waals surface area contributed by atoms with Crippen LogP contribution in [-0.4, -0.2) is 68.1 Å². The number of nitrogens with zero attached hydrogens (tertiary/aromatic N) is 3. The summed E-state index contributed by atoms with van der Waals surface area (Å²) in [5.74, 6) is -2.12. The van der Waals surface area contributed by atoms with Crippen LogP contribution in [0.4, 0.5) is 26.3 Å². The van der Waals surface area contributed by atoms with Gasteiger partial charge in [-0.25, -0.2) is 0 Å². The highest BCUT2D eigenvalue weighted by Gasteiger charge is 2.58. The summed E-state index contributed by atoms with van der Waals surface area (Å²) in [4.78, 5) is 34.2. The molecule has 2 atom stereocenters. The van der Waals surface area contributed by atoms with E-state index in [9.17, 15) is 46.1 Å². The normalized spacial score (nSPS) is 21.8. The smallest absolute Gasteiger partial charge is 0.425 e. The van der Waals surface area contributed by atoms with Crippen molar-refractivity contribution in [3.8, 4) is 11.5 Å². The van der Waals surface area contributed by atoms with Crippen LogP contribution in [0.3, 0.4) is 0 Å². The van der Waals surface area contributed by atoms with E-state index in [1.165, 1.54) is 11.0 Å². The van der Waals surface area contributed by atoms with Gasteiger partial charge in [0, 0.05) is 42.8 Å². The zero-order valence-electron chi connectivity index (χ0n) is 25.3. The van der Waals surface area contributed by atoms with Gasteiger partial charge >= 0.3 is 12.4 Å². The Hall–Kier alpha value is -3.85. The first kappa shape index (κ1) is 34.5. The molecule has 5 rings (SSSR count). The molecule has 1 aromatic carbocycles. The third kappa shape index (κ3) is 6.64. The number of aliphatic hydroxyl groups is 1. The fourth-order valence-corrected chi connectivity index (χ4v) is 7.32. The largest absolute Gasteiger partial charge is 0.508 e. The van der Waals surface area contributed by atoms with Crippen molar-refractivity contribution in [2.24, 2.45) is 0 Å². The van der Waals surface area contributed by atoms with Gasteiger partial charge in [-0.2, -0.15) is 26.3 Å². The molecular formula is C32H33F6N3O5S. The van der Waals surface area contributed by atoms with Gasteiger partial charge in [-0.3, -0.25) is 14.6 Å². The van der Waals surface area contributed by atoms with Crippen LogP contribution in [0.1, 0.15) is 71.9 Å². The average Bonchev–Trinajstić information content (AvgIpc) is 3.51. The number of halogens is 6. The minimum atomic E-state index is -4.94. The van der Waals surface area contributed by atoms with E-state index < -0.39 is 57.5 Å². The monoisotopic (exact) mass is 685 g/mol. The van der Waals surface area contributed by atoms with Crippen LogP contribution in [0.25, 0.3) is 0 Å². The Bertz CT molecular complexity index is 1600. The van der Waals surface area contributed by atoms with E-state index in [1.807, 2.05) is 0 Å². The summed E-state index contributed by atoms with van der Waals surface area (Å²) in [6, 6.07) is 8.79. The lowest BCUT2D eigenvalue weighted by atomic mass is 9.77. The summed E-state index contributed by atoms with van der Waals surface area (Å²) in [7, 11) is 0. The van der Waals surface area contributed by atoms with E-state index in [1.54, 1.807) is 25.1 Å². The Balaban J connectivity index is 1.56. The molecule has 0 radical (unpaired) electrons. The molecule has 4 heterocycles. The summed E-state index contributed by atoms with van der Waals surface area (Å²) < 4.78 is 88.5. The third-order valence-corrected chi connectivity index (χ3v) is 9.79. The number of thiophene rings is 1. The number of phenolic OH excluding ortho intramolecular Hbond substituents is 1. The number of aromatic nitrogens is 1. The van der Waals surface area contributed by atoms with Gasteiger partial charge in [0.2, 0.25) is 0 Å². The van der Waals surface area contributed by atoms with E-state index in [-0.39, 0.29) is 75.2 Å². The fraction of sp³-hybridized carbons (Fsp3) is 0.469. The van der Waals surface area contributed by atoms with Gasteiger partial charge < -0.3 is 24.7 Å². The number of carbonyl (C=O) groups is 2. The van der Waals surface area contributed by atoms with Crippen LogP contribution >= 0.6 is 11.3 Å². The highest BCUT2D eigenvalue weighted by atomic mass is 32.1. The first-order chi connectivity index (χ1) is 22.1. The number of aromatic hydroxyl groups is 1. The zero-order valence-corrected chi connectivity index (χ0v) is 26.1. The van der Waals surface area contributed by atoms with E-state index >= 15 is 0 Å². The minimum Gasteiger partial charge on any atom is -0.508 e. The highest BCUT2D eigenvalue weighted by Crippen LogP contribution is 2.44. The molecule has 47 heavy (non-hydrogen) atoms. The number of carbonyl (C=O) groups excluding carboxylic acids is 2. The Morgan fingerprint density at radius 1 is 1.04 bits per heavy atom. The van der Waals surface area contributed by atoms with Gasteiger partial charge in [0.05, 0.1) is 11.2 Å². The van der Waals surface area contributed by atoms with Crippen molar-refractivity contribution in [2.75, 3.05) is 19.6 Å². The molecule has 8 nitrogen and oxygen atoms in total. The van der Waals surface area contributed by atoms with Crippen molar-refractivity contribution in [2.45, 2.75) is 75.0 Å². The molecule has 254 valence electrons. The molecule has 0 aliphatic carbocycles. The number of amides is 2. The van der Waals surface area contributed by atoms with Crippen LogP contribution in [0.15, 0.2) is 54.0 Å². The maximum atomic E-state index is 14.8. The lowest BCUT2D eigenvalue weighted by Gasteiger charge is -2.52. The number of likely N-dealkylation sites (tertiary alicyclic amines) is 2. The number of para-hydroxylation sites is 1. The Kier molecular flexibility index (Phi) is 9.52. The molecule has 15 heteroatoms. The van der Waals surface area contributed by atoms with Crippen LogP contribution < -0.4 is 4.74 Å². The molecule has 2 aromatic heterocycles. The minimum absolute atomic E-state index is 0.00404. The number of rotatable bonds is 7. The summed E-state index contributed by atoms with van der Waals surface area (Å²) in [6.45, 7) is 1.49. The molecule has 0 spiro atoms. The number of ether oxygens (including phenoxy) is 1. The molecule has 2 N–H and O–H groups in total. The van der Waals surface area contributed by atoms with E-state index in [0.29, 0.717) is 11.3 Å². The number of pyridine rings is 1. The number of phenols is 1. The van der Waals surface area contributed by atoms with Gasteiger partial charge in [-0.1, -0.05) is 31.5 Å². The standard InChI is InChI=1S/C32H33F6N3O5S/c1-2-11-30(28(44)40-16-12-29(45,13-17-40)21-7-3-4-9-23(21)42)24(46-20-18-25(47-19-20)32(36,37)38)10-6-15-41(30)27(43)26-22(31(33,34)35)8-5-14-39-26/h3-5,7-9,14,18-19,24,42,45H,2,6,10-13,15-17H2,1H3/t24-,30+/m0/s1. The Labute approximate surface area is 270 Å². The lowest BCUT2D eigenvalue weighted by Crippen LogP contribution is -2.71. The first-order valence-corrected chi connectivity index (χ1v) is 16.0. The molecule has 2 amide bonds. The van der Waals surface area contributed by atoms with Crippen molar-refractivity contribution < 1.29 is 50.9 Å². The average molecular weight is 686 g/mol. The summed E-state index contributed by atoms with van der Waals surface area (Å²) in [5.41, 5.74) is -5.33. The van der Waals surface area contributed by atoms with Gasteiger partial charge in [0.25, 0.3) is 11.8 Å². The van der Waals surface area contributed by atoms with Crippen molar-refractivity contribution in [1.82, 2.24) is 14.8 Å². The molecule has 2 fully saturated rings. The second-order valence-corrected chi connectivity index (χ2v) is 12.7. The summed E-state index contributed by atoms with van der Waals surface area (Å²) >= 11 is 0.393. The Morgan fingerprint density at radius 2 is 1.74 bits per heavy atom. The number of hydrogen-bond donors (Lipinski definition) is 2.